The second-order valence-corrected chi connectivity index (χ2v) is 6.15. The lowest BCUT2D eigenvalue weighted by Gasteiger charge is -2.33. The van der Waals surface area contributed by atoms with E-state index in [-0.39, 0.29) is 5.92 Å². The zero-order valence-electron chi connectivity index (χ0n) is 12.0. The van der Waals surface area contributed by atoms with Gasteiger partial charge >= 0.3 is 0 Å². The lowest BCUT2D eigenvalue weighted by Crippen LogP contribution is -2.33. The molecule has 1 aliphatic carbocycles. The summed E-state index contributed by atoms with van der Waals surface area (Å²) in [6.07, 6.45) is 3.13. The summed E-state index contributed by atoms with van der Waals surface area (Å²) in [4.78, 5) is 0. The van der Waals surface area contributed by atoms with Crippen LogP contribution in [0.2, 0.25) is 0 Å². The summed E-state index contributed by atoms with van der Waals surface area (Å²) in [5.41, 5.74) is 2.06. The van der Waals surface area contributed by atoms with E-state index in [1.54, 1.807) is 0 Å². The molecule has 0 unspecified atom stereocenters. The van der Waals surface area contributed by atoms with Crippen LogP contribution in [0.5, 0.6) is 0 Å². The zero-order chi connectivity index (χ0) is 14.0. The van der Waals surface area contributed by atoms with Gasteiger partial charge in [-0.15, -0.1) is 0 Å². The average molecular weight is 266 g/mol. The van der Waals surface area contributed by atoms with Gasteiger partial charge in [-0.05, 0) is 36.8 Å². The highest BCUT2D eigenvalue weighted by Crippen LogP contribution is 2.46. The molecule has 2 atom stereocenters. The van der Waals surface area contributed by atoms with Gasteiger partial charge in [0, 0.05) is 5.92 Å². The van der Waals surface area contributed by atoms with Crippen molar-refractivity contribution >= 4 is 0 Å². The first kappa shape index (κ1) is 13.4. The van der Waals surface area contributed by atoms with Gasteiger partial charge in [-0.25, -0.2) is 0 Å². The molecule has 0 spiro atoms. The van der Waals surface area contributed by atoms with Crippen LogP contribution >= 0.6 is 0 Å². The standard InChI is InChI=1S/C19H22O/c1-19(20)14-8-13-17(19)18(15-9-4-2-5-10-15)16-11-6-3-7-12-16/h2-7,9-12,17-18,20H,8,13-14H2,1H3/t17-,19-/m1/s1. The molecule has 1 aliphatic rings. The third-order valence-corrected chi connectivity index (χ3v) is 4.72. The highest BCUT2D eigenvalue weighted by molar-refractivity contribution is 5.34. The SMILES string of the molecule is C[C@@]1(O)CCC[C@@H]1C(c1ccccc1)c1ccccc1. The number of benzene rings is 2. The van der Waals surface area contributed by atoms with E-state index in [0.717, 1.165) is 19.3 Å². The smallest absolute Gasteiger partial charge is 0.0656 e. The Bertz CT molecular complexity index is 505. The van der Waals surface area contributed by atoms with Crippen LogP contribution in [0.25, 0.3) is 0 Å². The first-order valence-corrected chi connectivity index (χ1v) is 7.51. The van der Waals surface area contributed by atoms with Crippen LogP contribution < -0.4 is 0 Å². The van der Waals surface area contributed by atoms with Gasteiger partial charge in [0.1, 0.15) is 0 Å². The van der Waals surface area contributed by atoms with Crippen molar-refractivity contribution in [3.8, 4) is 0 Å². The fraction of sp³-hybridized carbons (Fsp3) is 0.368. The molecule has 2 aromatic carbocycles. The highest BCUT2D eigenvalue weighted by atomic mass is 16.3. The van der Waals surface area contributed by atoms with Crippen molar-refractivity contribution in [3.05, 3.63) is 71.8 Å². The van der Waals surface area contributed by atoms with E-state index < -0.39 is 5.60 Å². The van der Waals surface area contributed by atoms with Gasteiger partial charge in [-0.1, -0.05) is 67.1 Å². The van der Waals surface area contributed by atoms with Crippen molar-refractivity contribution in [1.82, 2.24) is 0 Å². The molecule has 1 N–H and O–H groups in total. The minimum atomic E-state index is -0.559. The molecule has 1 heteroatoms. The van der Waals surface area contributed by atoms with E-state index in [0.29, 0.717) is 5.92 Å². The lowest BCUT2D eigenvalue weighted by molar-refractivity contribution is 0.0148. The maximum atomic E-state index is 10.7. The van der Waals surface area contributed by atoms with Crippen LogP contribution in [0.4, 0.5) is 0 Å². The Morgan fingerprint density at radius 3 is 1.85 bits per heavy atom. The van der Waals surface area contributed by atoms with Crippen LogP contribution in [0.15, 0.2) is 60.7 Å². The lowest BCUT2D eigenvalue weighted by atomic mass is 9.74. The van der Waals surface area contributed by atoms with Gasteiger partial charge < -0.3 is 5.11 Å². The maximum Gasteiger partial charge on any atom is 0.0656 e. The molecule has 0 aromatic heterocycles. The number of hydrogen-bond donors (Lipinski definition) is 1. The first-order valence-electron chi connectivity index (χ1n) is 7.51. The monoisotopic (exact) mass is 266 g/mol. The molecule has 0 bridgehead atoms. The zero-order valence-corrected chi connectivity index (χ0v) is 12.0. The highest BCUT2D eigenvalue weighted by Gasteiger charge is 2.42. The van der Waals surface area contributed by atoms with Crippen molar-refractivity contribution in [3.63, 3.8) is 0 Å². The third-order valence-electron chi connectivity index (χ3n) is 4.72. The summed E-state index contributed by atoms with van der Waals surface area (Å²) in [6, 6.07) is 21.2. The van der Waals surface area contributed by atoms with Crippen LogP contribution in [-0.2, 0) is 0 Å². The molecule has 3 rings (SSSR count). The summed E-state index contributed by atoms with van der Waals surface area (Å²) in [6.45, 7) is 2.00. The summed E-state index contributed by atoms with van der Waals surface area (Å²) in [7, 11) is 0. The Balaban J connectivity index is 2.05. The molecule has 1 saturated carbocycles. The predicted octanol–water partition coefficient (Wildman–Crippen LogP) is 4.37. The number of aliphatic hydroxyl groups is 1. The van der Waals surface area contributed by atoms with Crippen LogP contribution in [-0.4, -0.2) is 10.7 Å². The summed E-state index contributed by atoms with van der Waals surface area (Å²) >= 11 is 0. The quantitative estimate of drug-likeness (QED) is 0.874. The van der Waals surface area contributed by atoms with Gasteiger partial charge in [-0.2, -0.15) is 0 Å². The van der Waals surface area contributed by atoms with Crippen molar-refractivity contribution < 1.29 is 5.11 Å². The molecule has 2 aromatic rings. The van der Waals surface area contributed by atoms with Crippen LogP contribution in [0, 0.1) is 5.92 Å². The van der Waals surface area contributed by atoms with E-state index in [1.165, 1.54) is 11.1 Å². The van der Waals surface area contributed by atoms with E-state index >= 15 is 0 Å². The summed E-state index contributed by atoms with van der Waals surface area (Å²) in [5, 5.41) is 10.7. The van der Waals surface area contributed by atoms with Crippen molar-refractivity contribution in [1.29, 1.82) is 0 Å². The van der Waals surface area contributed by atoms with Crippen molar-refractivity contribution in [2.75, 3.05) is 0 Å². The van der Waals surface area contributed by atoms with E-state index in [2.05, 4.69) is 60.7 Å². The second-order valence-electron chi connectivity index (χ2n) is 6.15. The Morgan fingerprint density at radius 1 is 0.950 bits per heavy atom. The topological polar surface area (TPSA) is 20.2 Å². The largest absolute Gasteiger partial charge is 0.390 e. The molecule has 104 valence electrons. The molecule has 0 radical (unpaired) electrons. The predicted molar refractivity (Wildman–Crippen MR) is 82.7 cm³/mol. The Hall–Kier alpha value is -1.60. The third kappa shape index (κ3) is 2.51. The molecule has 0 saturated heterocycles. The van der Waals surface area contributed by atoms with Gasteiger partial charge in [0.25, 0.3) is 0 Å². The van der Waals surface area contributed by atoms with Gasteiger partial charge in [0.15, 0.2) is 0 Å². The summed E-state index contributed by atoms with van der Waals surface area (Å²) < 4.78 is 0. The fourth-order valence-electron chi connectivity index (χ4n) is 3.68. The molecule has 1 fully saturated rings. The van der Waals surface area contributed by atoms with Crippen molar-refractivity contribution in [2.24, 2.45) is 5.92 Å². The fourth-order valence-corrected chi connectivity index (χ4v) is 3.68. The molecule has 0 heterocycles. The first-order chi connectivity index (χ1) is 9.68. The number of hydrogen-bond acceptors (Lipinski definition) is 1. The minimum absolute atomic E-state index is 0.287. The van der Waals surface area contributed by atoms with E-state index in [4.69, 9.17) is 0 Å². The molecule has 0 amide bonds. The van der Waals surface area contributed by atoms with E-state index in [9.17, 15) is 5.11 Å². The Kier molecular flexibility index (Phi) is 3.62. The van der Waals surface area contributed by atoms with Gasteiger partial charge in [-0.3, -0.25) is 0 Å². The molecular weight excluding hydrogens is 244 g/mol. The van der Waals surface area contributed by atoms with Crippen LogP contribution in [0.1, 0.15) is 43.2 Å². The van der Waals surface area contributed by atoms with Gasteiger partial charge in [0.05, 0.1) is 5.60 Å². The van der Waals surface area contributed by atoms with Crippen LogP contribution in [0.3, 0.4) is 0 Å². The maximum absolute atomic E-state index is 10.7. The van der Waals surface area contributed by atoms with Gasteiger partial charge in [0.2, 0.25) is 0 Å². The molecule has 0 aliphatic heterocycles. The normalized spacial score (nSPS) is 26.1. The molecular formula is C19H22O. The van der Waals surface area contributed by atoms with Crippen molar-refractivity contribution in [2.45, 2.75) is 37.7 Å². The Morgan fingerprint density at radius 2 is 1.45 bits per heavy atom. The summed E-state index contributed by atoms with van der Waals surface area (Å²) in [5.74, 6) is 0.585. The Labute approximate surface area is 121 Å². The number of rotatable bonds is 3. The molecule has 20 heavy (non-hydrogen) atoms. The minimum Gasteiger partial charge on any atom is -0.390 e. The average Bonchev–Trinajstić information content (AvgIpc) is 2.81. The second kappa shape index (κ2) is 5.41. The van der Waals surface area contributed by atoms with E-state index in [1.807, 2.05) is 6.92 Å². The molecule has 1 nitrogen and oxygen atoms in total.